The van der Waals surface area contributed by atoms with Crippen LogP contribution in [0.1, 0.15) is 0 Å². The van der Waals surface area contributed by atoms with E-state index in [1.54, 1.807) is 0 Å². The molecule has 0 bridgehead atoms. The molecule has 11 aromatic carbocycles. The number of rotatable bonds is 11. The second-order valence-electron chi connectivity index (χ2n) is 17.6. The molecule has 0 saturated carbocycles. The maximum Gasteiger partial charge on any atom is 0.145 e. The van der Waals surface area contributed by atoms with Gasteiger partial charge in [-0.2, -0.15) is 0 Å². The van der Waals surface area contributed by atoms with E-state index >= 15 is 0 Å². The van der Waals surface area contributed by atoms with Crippen molar-refractivity contribution < 1.29 is 0 Å². The van der Waals surface area contributed by atoms with Gasteiger partial charge in [-0.25, -0.2) is 4.98 Å². The van der Waals surface area contributed by atoms with Crippen molar-refractivity contribution in [2.45, 2.75) is 0 Å². The van der Waals surface area contributed by atoms with E-state index in [0.29, 0.717) is 0 Å². The van der Waals surface area contributed by atoms with Crippen LogP contribution in [0.4, 0.5) is 17.1 Å². The summed E-state index contributed by atoms with van der Waals surface area (Å²) in [7, 11) is 0. The van der Waals surface area contributed by atoms with Crippen molar-refractivity contribution in [2.75, 3.05) is 4.90 Å². The van der Waals surface area contributed by atoms with Gasteiger partial charge in [-0.1, -0.05) is 212 Å². The van der Waals surface area contributed by atoms with Crippen molar-refractivity contribution in [2.24, 2.45) is 0 Å². The van der Waals surface area contributed by atoms with Gasteiger partial charge < -0.3 is 4.90 Å². The van der Waals surface area contributed by atoms with E-state index in [2.05, 4.69) is 295 Å². The van der Waals surface area contributed by atoms with Gasteiger partial charge in [-0.3, -0.25) is 4.57 Å². The summed E-state index contributed by atoms with van der Waals surface area (Å²) < 4.78 is 2.30. The largest absolute Gasteiger partial charge is 0.311 e. The first-order valence-corrected chi connectivity index (χ1v) is 23.9. The van der Waals surface area contributed by atoms with Gasteiger partial charge in [0.2, 0.25) is 0 Å². The normalized spacial score (nSPS) is 11.1. The van der Waals surface area contributed by atoms with Crippen molar-refractivity contribution >= 4 is 28.1 Å². The third-order valence-corrected chi connectivity index (χ3v) is 13.2. The lowest BCUT2D eigenvalue weighted by Crippen LogP contribution is -2.09. The van der Waals surface area contributed by atoms with E-state index < -0.39 is 0 Å². The first-order chi connectivity index (χ1) is 34.7. The van der Waals surface area contributed by atoms with Gasteiger partial charge in [-0.05, 0) is 134 Å². The molecule has 0 saturated heterocycles. The van der Waals surface area contributed by atoms with Crippen molar-refractivity contribution in [3.8, 4) is 83.8 Å². The lowest BCUT2D eigenvalue weighted by Gasteiger charge is -2.26. The monoisotopic (exact) mass is 893 g/mol. The molecule has 0 radical (unpaired) electrons. The van der Waals surface area contributed by atoms with Gasteiger partial charge in [0.1, 0.15) is 5.82 Å². The van der Waals surface area contributed by atoms with E-state index in [0.717, 1.165) is 67.4 Å². The molecule has 0 unspecified atom stereocenters. The fourth-order valence-corrected chi connectivity index (χ4v) is 9.71. The number of imidazole rings is 1. The van der Waals surface area contributed by atoms with Gasteiger partial charge in [-0.15, -0.1) is 0 Å². The Balaban J connectivity index is 0.903. The number of aromatic nitrogens is 2. The highest BCUT2D eigenvalue weighted by molar-refractivity contribution is 5.97. The highest BCUT2D eigenvalue weighted by Gasteiger charge is 2.19. The summed E-state index contributed by atoms with van der Waals surface area (Å²) in [5.74, 6) is 0.921. The van der Waals surface area contributed by atoms with Crippen LogP contribution in [-0.4, -0.2) is 9.55 Å². The summed E-state index contributed by atoms with van der Waals surface area (Å²) in [4.78, 5) is 7.58. The molecule has 0 aliphatic heterocycles. The Morgan fingerprint density at radius 1 is 0.257 bits per heavy atom. The molecule has 0 amide bonds. The predicted octanol–water partition coefficient (Wildman–Crippen LogP) is 18.2. The molecule has 0 spiro atoms. The maximum absolute atomic E-state index is 5.23. The Labute approximate surface area is 409 Å². The highest BCUT2D eigenvalue weighted by Crippen LogP contribution is 2.40. The summed E-state index contributed by atoms with van der Waals surface area (Å²) in [6, 6.07) is 102. The standard InChI is InChI=1S/C67H47N3/c1-5-17-48(18-6-1)54-23-13-25-56(45-54)50-33-39-61(40-34-50)69(62-41-35-51(36-42-62)57-26-14-24-55(46-57)49-19-7-2-8-20-49)63-43-37-52(38-44-63)58-27-15-28-59(47-58)64-31-16-32-65-66(64)70(60-29-11-4-12-30-60)67(68-65)53-21-9-3-10-22-53/h1-47H. The molecule has 12 aromatic rings. The van der Waals surface area contributed by atoms with E-state index in [1.165, 1.54) is 44.5 Å². The molecule has 12 rings (SSSR count). The quantitative estimate of drug-likeness (QED) is 0.129. The zero-order valence-corrected chi connectivity index (χ0v) is 38.5. The smallest absolute Gasteiger partial charge is 0.145 e. The number of fused-ring (bicyclic) bond motifs is 1. The lowest BCUT2D eigenvalue weighted by atomic mass is 9.97. The molecule has 0 N–H and O–H groups in total. The number of hydrogen-bond donors (Lipinski definition) is 0. The summed E-state index contributed by atoms with van der Waals surface area (Å²) in [6.45, 7) is 0. The molecule has 1 aromatic heterocycles. The Bertz CT molecular complexity index is 3590. The lowest BCUT2D eigenvalue weighted by molar-refractivity contribution is 1.10. The number of nitrogens with zero attached hydrogens (tertiary/aromatic N) is 3. The summed E-state index contributed by atoms with van der Waals surface area (Å²) in [6.07, 6.45) is 0. The Morgan fingerprint density at radius 2 is 0.586 bits per heavy atom. The van der Waals surface area contributed by atoms with Crippen LogP contribution in [-0.2, 0) is 0 Å². The topological polar surface area (TPSA) is 21.1 Å². The zero-order valence-electron chi connectivity index (χ0n) is 38.5. The Morgan fingerprint density at radius 3 is 1.01 bits per heavy atom. The minimum Gasteiger partial charge on any atom is -0.311 e. The fraction of sp³-hybridized carbons (Fsp3) is 0. The molecule has 0 aliphatic carbocycles. The molecular formula is C67H47N3. The van der Waals surface area contributed by atoms with Crippen LogP contribution in [0.3, 0.4) is 0 Å². The first-order valence-electron chi connectivity index (χ1n) is 23.9. The number of benzene rings is 11. The van der Waals surface area contributed by atoms with Crippen LogP contribution in [0.25, 0.3) is 94.9 Å². The summed E-state index contributed by atoms with van der Waals surface area (Å²) in [5, 5.41) is 0. The number of para-hydroxylation sites is 2. The molecule has 0 aliphatic rings. The minimum absolute atomic E-state index is 0.921. The second-order valence-corrected chi connectivity index (χ2v) is 17.6. The average Bonchev–Trinajstić information content (AvgIpc) is 3.85. The van der Waals surface area contributed by atoms with Crippen LogP contribution in [0.2, 0.25) is 0 Å². The van der Waals surface area contributed by atoms with Crippen LogP contribution in [0, 0.1) is 0 Å². The minimum atomic E-state index is 0.921. The van der Waals surface area contributed by atoms with Crippen LogP contribution in [0.5, 0.6) is 0 Å². The summed E-state index contributed by atoms with van der Waals surface area (Å²) in [5.41, 5.74) is 21.5. The fourth-order valence-electron chi connectivity index (χ4n) is 9.71. The number of anilines is 3. The second kappa shape index (κ2) is 18.8. The van der Waals surface area contributed by atoms with Crippen molar-refractivity contribution in [3.05, 3.63) is 285 Å². The van der Waals surface area contributed by atoms with Crippen LogP contribution in [0.15, 0.2) is 285 Å². The van der Waals surface area contributed by atoms with E-state index in [-0.39, 0.29) is 0 Å². The van der Waals surface area contributed by atoms with Crippen molar-refractivity contribution in [1.82, 2.24) is 9.55 Å². The zero-order chi connectivity index (χ0) is 46.6. The molecule has 70 heavy (non-hydrogen) atoms. The number of hydrogen-bond acceptors (Lipinski definition) is 2. The molecule has 3 nitrogen and oxygen atoms in total. The van der Waals surface area contributed by atoms with E-state index in [1.807, 2.05) is 0 Å². The third-order valence-electron chi connectivity index (χ3n) is 13.2. The molecule has 3 heteroatoms. The van der Waals surface area contributed by atoms with Gasteiger partial charge in [0, 0.05) is 33.9 Å². The molecule has 1 heterocycles. The molecule has 0 atom stereocenters. The molecule has 330 valence electrons. The maximum atomic E-state index is 5.23. The predicted molar refractivity (Wildman–Crippen MR) is 294 cm³/mol. The van der Waals surface area contributed by atoms with Gasteiger partial charge in [0.25, 0.3) is 0 Å². The van der Waals surface area contributed by atoms with Crippen molar-refractivity contribution in [1.29, 1.82) is 0 Å². The van der Waals surface area contributed by atoms with Crippen LogP contribution < -0.4 is 4.90 Å². The van der Waals surface area contributed by atoms with E-state index in [4.69, 9.17) is 4.98 Å². The van der Waals surface area contributed by atoms with E-state index in [9.17, 15) is 0 Å². The molecular weight excluding hydrogens is 847 g/mol. The van der Waals surface area contributed by atoms with Gasteiger partial charge >= 0.3 is 0 Å². The first kappa shape index (κ1) is 42.1. The van der Waals surface area contributed by atoms with Crippen molar-refractivity contribution in [3.63, 3.8) is 0 Å². The van der Waals surface area contributed by atoms with Gasteiger partial charge in [0.15, 0.2) is 0 Å². The molecule has 0 fully saturated rings. The summed E-state index contributed by atoms with van der Waals surface area (Å²) >= 11 is 0. The van der Waals surface area contributed by atoms with Crippen LogP contribution >= 0.6 is 0 Å². The average molecular weight is 894 g/mol. The SMILES string of the molecule is c1ccc(-c2cccc(-c3ccc(N(c4ccc(-c5cccc(-c6ccccc6)c5)cc4)c4ccc(-c5cccc(-c6cccc7nc(-c8ccccc8)n(-c8ccccc8)c67)c5)cc4)cc3)c2)cc1. The van der Waals surface area contributed by atoms with Gasteiger partial charge in [0.05, 0.1) is 11.0 Å². The Kier molecular flexibility index (Phi) is 11.3. The Hall–Kier alpha value is -9.31. The highest BCUT2D eigenvalue weighted by atomic mass is 15.1. The third kappa shape index (κ3) is 8.38.